The van der Waals surface area contributed by atoms with Gasteiger partial charge in [0, 0.05) is 27.5 Å². The minimum atomic E-state index is -1.07. The highest BCUT2D eigenvalue weighted by molar-refractivity contribution is 9.10. The van der Waals surface area contributed by atoms with Crippen LogP contribution in [0.1, 0.15) is 32.3 Å². The summed E-state index contributed by atoms with van der Waals surface area (Å²) in [6, 6.07) is 13.0. The number of rotatable bonds is 5. The molecule has 6 nitrogen and oxygen atoms in total. The van der Waals surface area contributed by atoms with Gasteiger partial charge in [0.15, 0.2) is 0 Å². The highest BCUT2D eigenvalue weighted by Gasteiger charge is 2.60. The molecular weight excluding hydrogens is 446 g/mol. The zero-order valence-electron chi connectivity index (χ0n) is 17.3. The molecule has 0 unspecified atom stereocenters. The Labute approximate surface area is 184 Å². The van der Waals surface area contributed by atoms with Gasteiger partial charge in [-0.25, -0.2) is 0 Å². The molecular formula is C23H26BrN3O3. The van der Waals surface area contributed by atoms with Crippen molar-refractivity contribution in [2.75, 3.05) is 17.7 Å². The molecule has 2 amide bonds. The van der Waals surface area contributed by atoms with Gasteiger partial charge in [0.25, 0.3) is 0 Å². The van der Waals surface area contributed by atoms with Crippen LogP contribution in [0.3, 0.4) is 0 Å². The van der Waals surface area contributed by atoms with E-state index in [1.165, 1.54) is 0 Å². The van der Waals surface area contributed by atoms with Gasteiger partial charge in [-0.2, -0.15) is 0 Å². The van der Waals surface area contributed by atoms with Gasteiger partial charge in [0.05, 0.1) is 13.0 Å². The van der Waals surface area contributed by atoms with Crippen LogP contribution in [0.5, 0.6) is 5.75 Å². The molecule has 0 bridgehead atoms. The number of benzene rings is 2. The fourth-order valence-corrected chi connectivity index (χ4v) is 5.02. The lowest BCUT2D eigenvalue weighted by Gasteiger charge is -2.29. The molecule has 2 aromatic carbocycles. The molecule has 158 valence electrons. The van der Waals surface area contributed by atoms with Crippen LogP contribution < -0.4 is 20.7 Å². The van der Waals surface area contributed by atoms with Gasteiger partial charge in [-0.1, -0.05) is 29.8 Å². The number of carbonyl (C=O) groups excluding carboxylic acids is 2. The molecule has 0 radical (unpaired) electrons. The number of methoxy groups -OCH3 is 1. The third-order valence-electron chi connectivity index (χ3n) is 5.92. The van der Waals surface area contributed by atoms with Crippen molar-refractivity contribution in [3.63, 3.8) is 0 Å². The Balaban J connectivity index is 1.69. The van der Waals surface area contributed by atoms with Gasteiger partial charge in [-0.3, -0.25) is 14.9 Å². The molecule has 1 fully saturated rings. The molecule has 7 heteroatoms. The van der Waals surface area contributed by atoms with E-state index >= 15 is 0 Å². The van der Waals surface area contributed by atoms with Crippen molar-refractivity contribution in [1.29, 1.82) is 0 Å². The van der Waals surface area contributed by atoms with Crippen molar-refractivity contribution >= 4 is 39.1 Å². The number of halogens is 1. The fourth-order valence-electron chi connectivity index (χ4n) is 4.66. The highest BCUT2D eigenvalue weighted by Crippen LogP contribution is 2.48. The van der Waals surface area contributed by atoms with Gasteiger partial charge in [-0.05, 0) is 61.2 Å². The van der Waals surface area contributed by atoms with Crippen LogP contribution in [0.2, 0.25) is 0 Å². The summed E-state index contributed by atoms with van der Waals surface area (Å²) >= 11 is 3.52. The zero-order chi connectivity index (χ0) is 21.5. The van der Waals surface area contributed by atoms with Crippen LogP contribution in [-0.2, 0) is 15.1 Å². The van der Waals surface area contributed by atoms with E-state index < -0.39 is 11.5 Å². The number of carbonyl (C=O) groups is 2. The third kappa shape index (κ3) is 3.61. The zero-order valence-corrected chi connectivity index (χ0v) is 18.9. The summed E-state index contributed by atoms with van der Waals surface area (Å²) in [7, 11) is 1.60. The summed E-state index contributed by atoms with van der Waals surface area (Å²) in [4.78, 5) is 26.7. The van der Waals surface area contributed by atoms with E-state index in [0.717, 1.165) is 27.9 Å². The lowest BCUT2D eigenvalue weighted by molar-refractivity contribution is -0.130. The average molecular weight is 472 g/mol. The first-order chi connectivity index (χ1) is 14.3. The third-order valence-corrected chi connectivity index (χ3v) is 6.41. The minimum Gasteiger partial charge on any atom is -0.497 e. The number of anilines is 2. The Morgan fingerprint density at radius 2 is 2.00 bits per heavy atom. The Kier molecular flexibility index (Phi) is 5.59. The van der Waals surface area contributed by atoms with Gasteiger partial charge >= 0.3 is 0 Å². The predicted molar refractivity (Wildman–Crippen MR) is 121 cm³/mol. The summed E-state index contributed by atoms with van der Waals surface area (Å²) in [5.74, 6) is 0.310. The van der Waals surface area contributed by atoms with Crippen molar-refractivity contribution in [3.05, 3.63) is 52.5 Å². The van der Waals surface area contributed by atoms with Gasteiger partial charge in [0.2, 0.25) is 11.8 Å². The van der Waals surface area contributed by atoms with Crippen LogP contribution in [0.25, 0.3) is 0 Å². The minimum absolute atomic E-state index is 0.0762. The number of nitrogens with one attached hydrogen (secondary N) is 3. The van der Waals surface area contributed by atoms with E-state index in [2.05, 4.69) is 45.7 Å². The summed E-state index contributed by atoms with van der Waals surface area (Å²) in [6.07, 6.45) is 1.49. The lowest BCUT2D eigenvalue weighted by Crippen LogP contribution is -2.52. The molecule has 1 saturated heterocycles. The number of ether oxygens (including phenoxy) is 1. The van der Waals surface area contributed by atoms with Crippen molar-refractivity contribution < 1.29 is 14.3 Å². The maximum absolute atomic E-state index is 13.4. The molecule has 3 atom stereocenters. The Morgan fingerprint density at radius 3 is 2.67 bits per heavy atom. The fraction of sp³-hybridized carbons (Fsp3) is 0.391. The second kappa shape index (κ2) is 8.04. The van der Waals surface area contributed by atoms with Crippen molar-refractivity contribution in [1.82, 2.24) is 5.32 Å². The second-order valence-electron chi connectivity index (χ2n) is 8.43. The molecule has 0 aliphatic carbocycles. The highest BCUT2D eigenvalue weighted by atomic mass is 79.9. The standard InChI is InChI=1S/C23H26BrN3O3/c1-13(2)10-16-12-19(21(28)25-15-5-7-17(30-3)8-6-15)23(27-16)18-11-14(24)4-9-20(18)26-22(23)29/h4-9,11,13,16,19,27H,10,12H2,1-3H3,(H,25,28)(H,26,29)/t16-,19+,23+/m1/s1. The van der Waals surface area contributed by atoms with E-state index in [0.29, 0.717) is 18.0 Å². The number of fused-ring (bicyclic) bond motifs is 2. The summed E-state index contributed by atoms with van der Waals surface area (Å²) in [6.45, 7) is 4.30. The molecule has 1 spiro atoms. The number of hydrogen-bond acceptors (Lipinski definition) is 4. The maximum Gasteiger partial charge on any atom is 0.250 e. The Bertz CT molecular complexity index is 976. The van der Waals surface area contributed by atoms with Crippen molar-refractivity contribution in [3.8, 4) is 5.75 Å². The summed E-state index contributed by atoms with van der Waals surface area (Å²) < 4.78 is 6.06. The molecule has 2 aliphatic rings. The quantitative estimate of drug-likeness (QED) is 0.608. The largest absolute Gasteiger partial charge is 0.497 e. The first-order valence-electron chi connectivity index (χ1n) is 10.2. The van der Waals surface area contributed by atoms with E-state index in [9.17, 15) is 9.59 Å². The Morgan fingerprint density at radius 1 is 1.27 bits per heavy atom. The average Bonchev–Trinajstić information content (AvgIpc) is 3.21. The lowest BCUT2D eigenvalue weighted by atomic mass is 9.79. The van der Waals surface area contributed by atoms with Gasteiger partial charge in [0.1, 0.15) is 11.3 Å². The van der Waals surface area contributed by atoms with Crippen LogP contribution in [0.15, 0.2) is 46.9 Å². The number of hydrogen-bond donors (Lipinski definition) is 3. The maximum atomic E-state index is 13.4. The molecule has 2 aliphatic heterocycles. The smallest absolute Gasteiger partial charge is 0.250 e. The molecule has 2 aromatic rings. The molecule has 0 saturated carbocycles. The van der Waals surface area contributed by atoms with Crippen LogP contribution in [-0.4, -0.2) is 25.0 Å². The molecule has 30 heavy (non-hydrogen) atoms. The second-order valence-corrected chi connectivity index (χ2v) is 9.34. The van der Waals surface area contributed by atoms with E-state index in [-0.39, 0.29) is 17.9 Å². The normalized spacial score (nSPS) is 24.8. The molecule has 3 N–H and O–H groups in total. The van der Waals surface area contributed by atoms with Gasteiger partial charge < -0.3 is 15.4 Å². The van der Waals surface area contributed by atoms with Crippen molar-refractivity contribution in [2.45, 2.75) is 38.3 Å². The van der Waals surface area contributed by atoms with E-state index in [4.69, 9.17) is 4.74 Å². The Hall–Kier alpha value is -2.38. The predicted octanol–water partition coefficient (Wildman–Crippen LogP) is 4.27. The first-order valence-corrected chi connectivity index (χ1v) is 11.0. The summed E-state index contributed by atoms with van der Waals surface area (Å²) in [5.41, 5.74) is 1.18. The van der Waals surface area contributed by atoms with Gasteiger partial charge in [-0.15, -0.1) is 0 Å². The SMILES string of the molecule is COc1ccc(NC(=O)[C@@H]2C[C@@H](CC(C)C)N[C@]23C(=O)Nc2ccc(Br)cc23)cc1. The van der Waals surface area contributed by atoms with Crippen LogP contribution in [0.4, 0.5) is 11.4 Å². The van der Waals surface area contributed by atoms with E-state index in [1.54, 1.807) is 31.4 Å². The summed E-state index contributed by atoms with van der Waals surface area (Å²) in [5, 5.41) is 9.53. The van der Waals surface area contributed by atoms with Crippen molar-refractivity contribution in [2.24, 2.45) is 11.8 Å². The molecule has 0 aromatic heterocycles. The van der Waals surface area contributed by atoms with Crippen LogP contribution in [0, 0.1) is 11.8 Å². The molecule has 4 rings (SSSR count). The van der Waals surface area contributed by atoms with E-state index in [1.807, 2.05) is 18.2 Å². The monoisotopic (exact) mass is 471 g/mol. The number of amides is 2. The first kappa shape index (κ1) is 20.9. The topological polar surface area (TPSA) is 79.5 Å². The van der Waals surface area contributed by atoms with Crippen LogP contribution >= 0.6 is 15.9 Å². The molecule has 2 heterocycles.